The molecule has 1 atom stereocenters. The Bertz CT molecular complexity index is 1600. The number of nitrogens with zero attached hydrogens (tertiary/aromatic N) is 6. The Hall–Kier alpha value is -3.89. The molecular formula is C26H25Cl2N7O3. The third-order valence-electron chi connectivity index (χ3n) is 6.31. The van der Waals surface area contributed by atoms with Gasteiger partial charge in [-0.3, -0.25) is 14.5 Å². The molecule has 0 bridgehead atoms. The minimum Gasteiger partial charge on any atom is -0.479 e. The van der Waals surface area contributed by atoms with Gasteiger partial charge in [-0.05, 0) is 29.7 Å². The van der Waals surface area contributed by atoms with E-state index in [1.165, 1.54) is 19.4 Å². The van der Waals surface area contributed by atoms with Crippen LogP contribution in [-0.2, 0) is 0 Å². The Kier molecular flexibility index (Phi) is 6.62. The molecule has 1 amide bonds. The summed E-state index contributed by atoms with van der Waals surface area (Å²) in [6.45, 7) is 4.05. The number of hydrogen-bond donors (Lipinski definition) is 1. The number of H-pyrrole nitrogens is 1. The first-order valence-electron chi connectivity index (χ1n) is 11.8. The van der Waals surface area contributed by atoms with E-state index in [1.54, 1.807) is 32.8 Å². The summed E-state index contributed by atoms with van der Waals surface area (Å²) in [7, 11) is 5.20. The minimum absolute atomic E-state index is 0.0216. The zero-order valence-electron chi connectivity index (χ0n) is 21.4. The third-order valence-corrected chi connectivity index (χ3v) is 6.84. The SMILES string of the molecule is COc1nc(N(C)C)ncc1-n1nc2c(c1C(C)C)C(c1ccc(Cl)cc1)N(c1c[nH]c(=O)c(Cl)c1)C2=O. The fourth-order valence-electron chi connectivity index (χ4n) is 4.64. The van der Waals surface area contributed by atoms with Gasteiger partial charge >= 0.3 is 0 Å². The van der Waals surface area contributed by atoms with Crippen molar-refractivity contribution in [1.29, 1.82) is 0 Å². The van der Waals surface area contributed by atoms with Crippen LogP contribution in [0.4, 0.5) is 11.6 Å². The van der Waals surface area contributed by atoms with Crippen molar-refractivity contribution in [3.8, 4) is 11.6 Å². The van der Waals surface area contributed by atoms with Gasteiger partial charge in [-0.2, -0.15) is 10.1 Å². The molecule has 0 radical (unpaired) electrons. The second-order valence-corrected chi connectivity index (χ2v) is 10.2. The lowest BCUT2D eigenvalue weighted by molar-refractivity contribution is 0.0988. The average Bonchev–Trinajstić information content (AvgIpc) is 3.41. The Morgan fingerprint density at radius 1 is 1.13 bits per heavy atom. The standard InChI is InChI=1S/C26H25Cl2N7O3/c1-13(2)21-19-20(32-35(21)18-12-30-26(33(3)4)31-24(18)38-5)25(37)34(16-10-17(28)23(36)29-11-16)22(19)14-6-8-15(27)9-7-14/h6-13,22H,1-5H3,(H,29,36). The number of anilines is 2. The fraction of sp³-hybridized carbons (Fsp3) is 0.269. The lowest BCUT2D eigenvalue weighted by Gasteiger charge is -2.27. The van der Waals surface area contributed by atoms with Crippen LogP contribution in [0.2, 0.25) is 10.0 Å². The van der Waals surface area contributed by atoms with Crippen molar-refractivity contribution in [2.45, 2.75) is 25.8 Å². The second kappa shape index (κ2) is 9.77. The highest BCUT2D eigenvalue weighted by atomic mass is 35.5. The summed E-state index contributed by atoms with van der Waals surface area (Å²) in [6, 6.07) is 8.20. The van der Waals surface area contributed by atoms with E-state index in [1.807, 2.05) is 40.1 Å². The smallest absolute Gasteiger partial charge is 0.280 e. The highest BCUT2D eigenvalue weighted by Gasteiger charge is 2.45. The molecule has 4 heterocycles. The van der Waals surface area contributed by atoms with E-state index < -0.39 is 11.6 Å². The van der Waals surface area contributed by atoms with Crippen LogP contribution in [0.5, 0.6) is 5.88 Å². The monoisotopic (exact) mass is 553 g/mol. The van der Waals surface area contributed by atoms with Gasteiger partial charge in [-0.25, -0.2) is 9.67 Å². The molecule has 5 rings (SSSR count). The summed E-state index contributed by atoms with van der Waals surface area (Å²) in [6.07, 6.45) is 3.11. The van der Waals surface area contributed by atoms with E-state index in [2.05, 4.69) is 15.0 Å². The van der Waals surface area contributed by atoms with Gasteiger partial charge in [0.2, 0.25) is 11.8 Å². The van der Waals surface area contributed by atoms with Crippen molar-refractivity contribution < 1.29 is 9.53 Å². The highest BCUT2D eigenvalue weighted by molar-refractivity contribution is 6.31. The van der Waals surface area contributed by atoms with Crippen LogP contribution in [0.15, 0.2) is 47.5 Å². The maximum absolute atomic E-state index is 14.0. The van der Waals surface area contributed by atoms with Gasteiger partial charge in [0.05, 0.1) is 30.7 Å². The molecule has 3 aromatic heterocycles. The number of halogens is 2. The van der Waals surface area contributed by atoms with Crippen molar-refractivity contribution in [1.82, 2.24) is 24.7 Å². The summed E-state index contributed by atoms with van der Waals surface area (Å²) < 4.78 is 7.28. The minimum atomic E-state index is -0.559. The Balaban J connectivity index is 1.77. The Morgan fingerprint density at radius 2 is 1.84 bits per heavy atom. The average molecular weight is 554 g/mol. The molecule has 12 heteroatoms. The lowest BCUT2D eigenvalue weighted by atomic mass is 9.94. The normalized spacial score (nSPS) is 14.8. The van der Waals surface area contributed by atoms with Gasteiger partial charge in [0.1, 0.15) is 10.7 Å². The molecule has 0 saturated carbocycles. The maximum atomic E-state index is 14.0. The van der Waals surface area contributed by atoms with E-state index in [9.17, 15) is 9.59 Å². The summed E-state index contributed by atoms with van der Waals surface area (Å²) >= 11 is 12.3. The van der Waals surface area contributed by atoms with Crippen molar-refractivity contribution in [3.63, 3.8) is 0 Å². The van der Waals surface area contributed by atoms with Gasteiger partial charge in [-0.15, -0.1) is 0 Å². The second-order valence-electron chi connectivity index (χ2n) is 9.34. The quantitative estimate of drug-likeness (QED) is 0.371. The number of methoxy groups -OCH3 is 1. The van der Waals surface area contributed by atoms with Crippen LogP contribution in [-0.4, -0.2) is 51.8 Å². The molecule has 1 aliphatic heterocycles. The van der Waals surface area contributed by atoms with Gasteiger partial charge in [0, 0.05) is 30.9 Å². The molecule has 0 fully saturated rings. The van der Waals surface area contributed by atoms with E-state index in [-0.39, 0.29) is 22.5 Å². The first kappa shape index (κ1) is 25.7. The molecule has 1 aliphatic rings. The number of benzene rings is 1. The summed E-state index contributed by atoms with van der Waals surface area (Å²) in [5.41, 5.74) is 3.13. The molecular weight excluding hydrogens is 529 g/mol. The maximum Gasteiger partial charge on any atom is 0.280 e. The Morgan fingerprint density at radius 3 is 2.45 bits per heavy atom. The number of carbonyl (C=O) groups excluding carboxylic acids is 1. The zero-order valence-corrected chi connectivity index (χ0v) is 22.9. The van der Waals surface area contributed by atoms with Crippen LogP contribution < -0.4 is 20.1 Å². The van der Waals surface area contributed by atoms with E-state index >= 15 is 0 Å². The lowest BCUT2D eigenvalue weighted by Crippen LogP contribution is -2.31. The number of nitrogens with one attached hydrogen (secondary N) is 1. The molecule has 0 saturated heterocycles. The first-order chi connectivity index (χ1) is 18.1. The molecule has 0 spiro atoms. The van der Waals surface area contributed by atoms with E-state index in [0.29, 0.717) is 28.2 Å². The number of amides is 1. The van der Waals surface area contributed by atoms with Crippen LogP contribution in [0.3, 0.4) is 0 Å². The van der Waals surface area contributed by atoms with Crippen molar-refractivity contribution in [2.24, 2.45) is 0 Å². The van der Waals surface area contributed by atoms with Gasteiger partial charge in [-0.1, -0.05) is 49.2 Å². The zero-order chi connectivity index (χ0) is 27.3. The first-order valence-corrected chi connectivity index (χ1v) is 12.6. The number of pyridine rings is 1. The highest BCUT2D eigenvalue weighted by Crippen LogP contribution is 2.46. The number of carbonyl (C=O) groups is 1. The van der Waals surface area contributed by atoms with Gasteiger partial charge < -0.3 is 14.6 Å². The van der Waals surface area contributed by atoms with Gasteiger partial charge in [0.25, 0.3) is 11.5 Å². The Labute approximate surface area is 228 Å². The number of ether oxygens (including phenoxy) is 1. The molecule has 10 nitrogen and oxygen atoms in total. The van der Waals surface area contributed by atoms with Crippen molar-refractivity contribution in [3.05, 3.63) is 85.6 Å². The molecule has 0 aliphatic carbocycles. The van der Waals surface area contributed by atoms with Crippen LogP contribution >= 0.6 is 23.2 Å². The molecule has 1 aromatic carbocycles. The predicted molar refractivity (Wildman–Crippen MR) is 146 cm³/mol. The molecule has 196 valence electrons. The van der Waals surface area contributed by atoms with E-state index in [0.717, 1.165) is 16.8 Å². The summed E-state index contributed by atoms with van der Waals surface area (Å²) in [4.78, 5) is 40.8. The predicted octanol–water partition coefficient (Wildman–Crippen LogP) is 4.61. The third kappa shape index (κ3) is 4.19. The fourth-order valence-corrected chi connectivity index (χ4v) is 4.94. The molecule has 38 heavy (non-hydrogen) atoms. The largest absolute Gasteiger partial charge is 0.479 e. The van der Waals surface area contributed by atoms with Crippen molar-refractivity contribution >= 4 is 40.7 Å². The molecule has 1 unspecified atom stereocenters. The van der Waals surface area contributed by atoms with Crippen molar-refractivity contribution in [2.75, 3.05) is 31.0 Å². The topological polar surface area (TPSA) is 109 Å². The van der Waals surface area contributed by atoms with E-state index in [4.69, 9.17) is 33.0 Å². The number of rotatable bonds is 6. The van der Waals surface area contributed by atoms with Gasteiger partial charge in [0.15, 0.2) is 5.69 Å². The molecule has 4 aromatic rings. The van der Waals surface area contributed by atoms with Crippen LogP contribution in [0.25, 0.3) is 5.69 Å². The molecule has 1 N–H and O–H groups in total. The number of aromatic nitrogens is 5. The summed E-state index contributed by atoms with van der Waals surface area (Å²) in [5, 5.41) is 5.32. The number of hydrogen-bond acceptors (Lipinski definition) is 7. The number of aromatic amines is 1. The van der Waals surface area contributed by atoms with Crippen LogP contribution in [0, 0.1) is 0 Å². The summed E-state index contributed by atoms with van der Waals surface area (Å²) in [5.74, 6) is 0.416. The van der Waals surface area contributed by atoms with Crippen LogP contribution in [0.1, 0.15) is 53.1 Å². The number of fused-ring (bicyclic) bond motifs is 1.